The van der Waals surface area contributed by atoms with Crippen molar-refractivity contribution in [1.29, 1.82) is 0 Å². The van der Waals surface area contributed by atoms with Gasteiger partial charge < -0.3 is 14.0 Å². The summed E-state index contributed by atoms with van der Waals surface area (Å²) < 4.78 is 48.4. The molecule has 0 bridgehead atoms. The van der Waals surface area contributed by atoms with Crippen LogP contribution in [0, 0.1) is 0 Å². The van der Waals surface area contributed by atoms with E-state index < -0.39 is 16.5 Å². The Morgan fingerprint density at radius 3 is 2.06 bits per heavy atom. The second-order valence-electron chi connectivity index (χ2n) is 8.66. The van der Waals surface area contributed by atoms with Crippen LogP contribution in [-0.2, 0) is 28.9 Å². The van der Waals surface area contributed by atoms with Crippen molar-refractivity contribution in [3.05, 3.63) is 0 Å². The Kier molecular flexibility index (Phi) is 20.8. The van der Waals surface area contributed by atoms with Crippen LogP contribution >= 0.6 is 0 Å². The van der Waals surface area contributed by atoms with Gasteiger partial charge in [-0.15, -0.1) is 0 Å². The summed E-state index contributed by atoms with van der Waals surface area (Å²) in [4.78, 5) is 11.7. The molecule has 7 nitrogen and oxygen atoms in total. The van der Waals surface area contributed by atoms with Crippen molar-refractivity contribution in [3.63, 3.8) is 0 Å². The molecule has 32 heavy (non-hydrogen) atoms. The molecule has 1 saturated heterocycles. The van der Waals surface area contributed by atoms with Crippen LogP contribution in [0.15, 0.2) is 0 Å². The maximum atomic E-state index is 11.7. The standard InChI is InChI=1S/C23H44O7S.Na/c1-2-3-4-5-8-11-15-21(30-31(25,26)27)16-12-9-6-7-10-13-18-23(24)29-20-22-17-14-19-28-22;/h21-22H,2-20H2,1H3,(H,25,26,27);/q;+1/p-1. The summed E-state index contributed by atoms with van der Waals surface area (Å²) in [6, 6.07) is 0. The van der Waals surface area contributed by atoms with Crippen LogP contribution in [0.1, 0.15) is 116 Å². The van der Waals surface area contributed by atoms with Crippen molar-refractivity contribution in [1.82, 2.24) is 0 Å². The van der Waals surface area contributed by atoms with Gasteiger partial charge >= 0.3 is 35.5 Å². The summed E-state index contributed by atoms with van der Waals surface area (Å²) in [6.45, 7) is 3.31. The summed E-state index contributed by atoms with van der Waals surface area (Å²) in [5.41, 5.74) is 0. The molecule has 2 atom stereocenters. The van der Waals surface area contributed by atoms with E-state index in [1.54, 1.807) is 0 Å². The summed E-state index contributed by atoms with van der Waals surface area (Å²) in [5, 5.41) is 0. The zero-order valence-corrected chi connectivity index (χ0v) is 23.2. The molecule has 2 unspecified atom stereocenters. The molecule has 1 heterocycles. The number of hydrogen-bond donors (Lipinski definition) is 0. The molecule has 1 aliphatic rings. The third-order valence-electron chi connectivity index (χ3n) is 5.74. The van der Waals surface area contributed by atoms with Crippen molar-refractivity contribution in [2.75, 3.05) is 13.2 Å². The molecule has 0 spiro atoms. The topological polar surface area (TPSA) is 102 Å². The van der Waals surface area contributed by atoms with Gasteiger partial charge in [0.15, 0.2) is 0 Å². The number of esters is 1. The maximum Gasteiger partial charge on any atom is 1.00 e. The molecule has 0 aromatic carbocycles. The van der Waals surface area contributed by atoms with Crippen molar-refractivity contribution in [2.24, 2.45) is 0 Å². The summed E-state index contributed by atoms with van der Waals surface area (Å²) in [6.07, 6.45) is 15.7. The Bertz CT molecular complexity index is 551. The average molecular weight is 487 g/mol. The van der Waals surface area contributed by atoms with E-state index in [2.05, 4.69) is 6.92 Å². The zero-order chi connectivity index (χ0) is 22.8. The fourth-order valence-corrected chi connectivity index (χ4v) is 4.47. The van der Waals surface area contributed by atoms with Crippen LogP contribution < -0.4 is 29.6 Å². The van der Waals surface area contributed by atoms with Gasteiger partial charge in [0.2, 0.25) is 10.4 Å². The van der Waals surface area contributed by atoms with Crippen molar-refractivity contribution >= 4 is 16.4 Å². The van der Waals surface area contributed by atoms with Gasteiger partial charge in [-0.2, -0.15) is 0 Å². The second kappa shape index (κ2) is 20.7. The number of unbranched alkanes of at least 4 members (excludes halogenated alkanes) is 10. The molecule has 0 aromatic rings. The molecule has 9 heteroatoms. The molecule has 1 aliphatic heterocycles. The molecule has 1 fully saturated rings. The molecule has 0 saturated carbocycles. The number of hydrogen-bond acceptors (Lipinski definition) is 7. The summed E-state index contributed by atoms with van der Waals surface area (Å²) >= 11 is 0. The third-order valence-corrected chi connectivity index (χ3v) is 6.25. The van der Waals surface area contributed by atoms with Gasteiger partial charge in [0, 0.05) is 13.0 Å². The quantitative estimate of drug-likeness (QED) is 0.0856. The average Bonchev–Trinajstić information content (AvgIpc) is 3.23. The third kappa shape index (κ3) is 19.7. The molecule has 0 aromatic heterocycles. The first kappa shape index (κ1) is 32.3. The van der Waals surface area contributed by atoms with E-state index in [9.17, 15) is 17.8 Å². The van der Waals surface area contributed by atoms with E-state index in [0.717, 1.165) is 77.2 Å². The Balaban J connectivity index is 0.00000961. The SMILES string of the molecule is CCCCCCCCC(CCCCCCCCC(=O)OCC1CCCO1)OS(=O)(=O)[O-].[Na+]. The summed E-state index contributed by atoms with van der Waals surface area (Å²) in [5.74, 6) is -0.149. The number of carbonyl (C=O) groups excluding carboxylic acids is 1. The molecular weight excluding hydrogens is 443 g/mol. The Morgan fingerprint density at radius 1 is 0.969 bits per heavy atom. The fourth-order valence-electron chi connectivity index (χ4n) is 3.94. The van der Waals surface area contributed by atoms with Crippen LogP contribution in [-0.4, -0.2) is 44.4 Å². The van der Waals surface area contributed by atoms with Gasteiger partial charge in [-0.3, -0.25) is 8.98 Å². The van der Waals surface area contributed by atoms with Crippen LogP contribution in [0.4, 0.5) is 0 Å². The molecule has 0 N–H and O–H groups in total. The van der Waals surface area contributed by atoms with Crippen LogP contribution in [0.5, 0.6) is 0 Å². The first-order valence-corrected chi connectivity index (χ1v) is 13.7. The first-order chi connectivity index (χ1) is 14.9. The zero-order valence-electron chi connectivity index (χ0n) is 20.4. The van der Waals surface area contributed by atoms with Crippen molar-refractivity contribution in [3.8, 4) is 0 Å². The van der Waals surface area contributed by atoms with Gasteiger partial charge in [-0.1, -0.05) is 77.6 Å². The van der Waals surface area contributed by atoms with Crippen LogP contribution in [0.25, 0.3) is 0 Å². The van der Waals surface area contributed by atoms with E-state index in [4.69, 9.17) is 13.7 Å². The molecule has 1 rings (SSSR count). The Morgan fingerprint density at radius 2 is 1.53 bits per heavy atom. The largest absolute Gasteiger partial charge is 1.00 e. The normalized spacial score (nSPS) is 17.1. The Hall–Kier alpha value is 0.300. The smallest absolute Gasteiger partial charge is 0.726 e. The predicted molar refractivity (Wildman–Crippen MR) is 119 cm³/mol. The van der Waals surface area contributed by atoms with Gasteiger partial charge in [0.05, 0.1) is 12.2 Å². The maximum absolute atomic E-state index is 11.7. The van der Waals surface area contributed by atoms with E-state index in [0.29, 0.717) is 25.9 Å². The summed E-state index contributed by atoms with van der Waals surface area (Å²) in [7, 11) is -4.65. The second-order valence-corrected chi connectivity index (χ2v) is 9.67. The number of carbonyl (C=O) groups is 1. The van der Waals surface area contributed by atoms with E-state index in [-0.39, 0.29) is 41.6 Å². The van der Waals surface area contributed by atoms with Crippen molar-refractivity contribution < 1.29 is 61.0 Å². The number of rotatable bonds is 20. The predicted octanol–water partition coefficient (Wildman–Crippen LogP) is 2.43. The van der Waals surface area contributed by atoms with Gasteiger partial charge in [0.1, 0.15) is 6.61 Å². The molecular formula is C23H43NaO7S. The van der Waals surface area contributed by atoms with Crippen LogP contribution in [0.3, 0.4) is 0 Å². The number of ether oxygens (including phenoxy) is 2. The molecule has 0 amide bonds. The Labute approximate surface area is 218 Å². The molecule has 0 radical (unpaired) electrons. The van der Waals surface area contributed by atoms with E-state index >= 15 is 0 Å². The molecule has 184 valence electrons. The van der Waals surface area contributed by atoms with Crippen molar-refractivity contribution in [2.45, 2.75) is 128 Å². The first-order valence-electron chi connectivity index (χ1n) is 12.3. The van der Waals surface area contributed by atoms with E-state index in [1.165, 1.54) is 19.3 Å². The van der Waals surface area contributed by atoms with Crippen LogP contribution in [0.2, 0.25) is 0 Å². The van der Waals surface area contributed by atoms with Gasteiger partial charge in [-0.25, -0.2) is 8.42 Å². The molecule has 0 aliphatic carbocycles. The minimum atomic E-state index is -4.65. The monoisotopic (exact) mass is 486 g/mol. The van der Waals surface area contributed by atoms with Gasteiger partial charge in [0.25, 0.3) is 0 Å². The van der Waals surface area contributed by atoms with E-state index in [1.807, 2.05) is 0 Å². The minimum Gasteiger partial charge on any atom is -0.726 e. The minimum absolute atomic E-state index is 0. The van der Waals surface area contributed by atoms with Gasteiger partial charge in [-0.05, 0) is 32.1 Å². The fraction of sp³-hybridized carbons (Fsp3) is 0.957.